The van der Waals surface area contributed by atoms with Gasteiger partial charge in [0, 0.05) is 12.4 Å². The number of carbonyl (C=O) groups is 1. The lowest BCUT2D eigenvalue weighted by Crippen LogP contribution is -2.24. The van der Waals surface area contributed by atoms with Crippen molar-refractivity contribution in [2.75, 3.05) is 0 Å². The first-order valence-electron chi connectivity index (χ1n) is 4.01. The molecular formula is C8H8F3N3O. The van der Waals surface area contributed by atoms with Crippen molar-refractivity contribution in [2.24, 2.45) is 5.73 Å². The normalized spacial score (nSPS) is 13.6. The Labute approximate surface area is 83.3 Å². The van der Waals surface area contributed by atoms with Gasteiger partial charge in [-0.2, -0.15) is 13.2 Å². The maximum absolute atomic E-state index is 12.4. The fraction of sp³-hybridized carbons (Fsp3) is 0.375. The standard InChI is InChI=1S/C8H8F3N3O/c1-4(8(9,10)11)5-6(7(12)15)14-3-2-13-5/h2-4H,1H3,(H2,12,15)/t4-/m0/s1. The summed E-state index contributed by atoms with van der Waals surface area (Å²) in [5, 5.41) is 0. The van der Waals surface area contributed by atoms with Crippen LogP contribution in [0.4, 0.5) is 13.2 Å². The molecule has 82 valence electrons. The summed E-state index contributed by atoms with van der Waals surface area (Å²) in [5.41, 5.74) is 4.00. The molecule has 0 radical (unpaired) electrons. The van der Waals surface area contributed by atoms with Crippen LogP contribution >= 0.6 is 0 Å². The summed E-state index contributed by atoms with van der Waals surface area (Å²) in [5.74, 6) is -2.89. The number of carbonyl (C=O) groups excluding carboxylic acids is 1. The number of halogens is 3. The van der Waals surface area contributed by atoms with Crippen LogP contribution in [-0.2, 0) is 0 Å². The summed E-state index contributed by atoms with van der Waals surface area (Å²) >= 11 is 0. The van der Waals surface area contributed by atoms with E-state index >= 15 is 0 Å². The summed E-state index contributed by atoms with van der Waals surface area (Å²) < 4.78 is 37.1. The molecule has 0 spiro atoms. The second-order valence-corrected chi connectivity index (χ2v) is 2.92. The van der Waals surface area contributed by atoms with Crippen LogP contribution in [0.25, 0.3) is 0 Å². The lowest BCUT2D eigenvalue weighted by atomic mass is 10.0. The molecule has 7 heteroatoms. The lowest BCUT2D eigenvalue weighted by molar-refractivity contribution is -0.147. The Morgan fingerprint density at radius 3 is 2.40 bits per heavy atom. The zero-order valence-electron chi connectivity index (χ0n) is 7.75. The van der Waals surface area contributed by atoms with Crippen molar-refractivity contribution in [3.05, 3.63) is 23.8 Å². The zero-order valence-corrected chi connectivity index (χ0v) is 7.75. The highest BCUT2D eigenvalue weighted by Gasteiger charge is 2.40. The number of amides is 1. The van der Waals surface area contributed by atoms with Gasteiger partial charge in [-0.15, -0.1) is 0 Å². The molecule has 0 fully saturated rings. The Hall–Kier alpha value is -1.66. The Balaban J connectivity index is 3.19. The first kappa shape index (κ1) is 11.4. The van der Waals surface area contributed by atoms with Crippen LogP contribution in [0.15, 0.2) is 12.4 Å². The average molecular weight is 219 g/mol. The van der Waals surface area contributed by atoms with Gasteiger partial charge in [-0.3, -0.25) is 9.78 Å². The van der Waals surface area contributed by atoms with E-state index in [2.05, 4.69) is 9.97 Å². The molecule has 0 aliphatic heterocycles. The van der Waals surface area contributed by atoms with Crippen LogP contribution in [0.2, 0.25) is 0 Å². The van der Waals surface area contributed by atoms with E-state index in [1.807, 2.05) is 0 Å². The van der Waals surface area contributed by atoms with Gasteiger partial charge < -0.3 is 5.73 Å². The third kappa shape index (κ3) is 2.42. The van der Waals surface area contributed by atoms with Crippen LogP contribution in [0, 0.1) is 0 Å². The highest BCUT2D eigenvalue weighted by molar-refractivity contribution is 5.91. The van der Waals surface area contributed by atoms with Gasteiger partial charge in [0.05, 0.1) is 11.6 Å². The van der Waals surface area contributed by atoms with Gasteiger partial charge in [0.2, 0.25) is 0 Å². The Bertz CT molecular complexity index is 378. The number of alkyl halides is 3. The number of primary amides is 1. The molecule has 0 saturated carbocycles. The molecule has 1 amide bonds. The molecule has 15 heavy (non-hydrogen) atoms. The fourth-order valence-electron chi connectivity index (χ4n) is 1.01. The second-order valence-electron chi connectivity index (χ2n) is 2.92. The van der Waals surface area contributed by atoms with Gasteiger partial charge >= 0.3 is 6.18 Å². The van der Waals surface area contributed by atoms with Crippen LogP contribution in [0.3, 0.4) is 0 Å². The van der Waals surface area contributed by atoms with Gasteiger partial charge in [-0.25, -0.2) is 4.98 Å². The maximum Gasteiger partial charge on any atom is 0.397 e. The highest BCUT2D eigenvalue weighted by atomic mass is 19.4. The van der Waals surface area contributed by atoms with Crippen LogP contribution in [0.1, 0.15) is 29.0 Å². The minimum Gasteiger partial charge on any atom is -0.364 e. The average Bonchev–Trinajstić information content (AvgIpc) is 2.15. The minimum absolute atomic E-state index is 0.442. The molecule has 2 N–H and O–H groups in total. The molecular weight excluding hydrogens is 211 g/mol. The smallest absolute Gasteiger partial charge is 0.364 e. The van der Waals surface area contributed by atoms with Crippen molar-refractivity contribution >= 4 is 5.91 Å². The molecule has 0 saturated heterocycles. The first-order valence-corrected chi connectivity index (χ1v) is 4.01. The van der Waals surface area contributed by atoms with Gasteiger partial charge in [-0.05, 0) is 6.92 Å². The van der Waals surface area contributed by atoms with Gasteiger partial charge in [-0.1, -0.05) is 0 Å². The van der Waals surface area contributed by atoms with Crippen molar-refractivity contribution in [1.82, 2.24) is 9.97 Å². The summed E-state index contributed by atoms with van der Waals surface area (Å²) in [6.45, 7) is 0.899. The summed E-state index contributed by atoms with van der Waals surface area (Å²) in [6.07, 6.45) is -2.27. The predicted molar refractivity (Wildman–Crippen MR) is 45.0 cm³/mol. The molecule has 1 rings (SSSR count). The highest BCUT2D eigenvalue weighted by Crippen LogP contribution is 2.33. The van der Waals surface area contributed by atoms with Crippen molar-refractivity contribution in [3.8, 4) is 0 Å². The first-order chi connectivity index (χ1) is 6.84. The number of hydrogen-bond acceptors (Lipinski definition) is 3. The molecule has 0 aliphatic rings. The SMILES string of the molecule is C[C@@H](c1nccnc1C(N)=O)C(F)(F)F. The van der Waals surface area contributed by atoms with E-state index in [4.69, 9.17) is 5.73 Å². The zero-order chi connectivity index (χ0) is 11.6. The minimum atomic E-state index is -4.47. The van der Waals surface area contributed by atoms with Crippen molar-refractivity contribution in [1.29, 1.82) is 0 Å². The lowest BCUT2D eigenvalue weighted by Gasteiger charge is -2.15. The molecule has 0 aliphatic carbocycles. The van der Waals surface area contributed by atoms with Crippen molar-refractivity contribution < 1.29 is 18.0 Å². The molecule has 1 atom stereocenters. The van der Waals surface area contributed by atoms with E-state index in [-0.39, 0.29) is 0 Å². The van der Waals surface area contributed by atoms with Gasteiger partial charge in [0.1, 0.15) is 5.69 Å². The summed E-state index contributed by atoms with van der Waals surface area (Å²) in [6, 6.07) is 0. The molecule has 4 nitrogen and oxygen atoms in total. The van der Waals surface area contributed by atoms with E-state index in [9.17, 15) is 18.0 Å². The topological polar surface area (TPSA) is 68.9 Å². The number of aromatic nitrogens is 2. The molecule has 1 aromatic heterocycles. The Morgan fingerprint density at radius 1 is 1.40 bits per heavy atom. The summed E-state index contributed by atoms with van der Waals surface area (Å²) in [7, 11) is 0. The van der Waals surface area contributed by atoms with E-state index in [0.29, 0.717) is 0 Å². The van der Waals surface area contributed by atoms with Crippen molar-refractivity contribution in [3.63, 3.8) is 0 Å². The number of nitrogens with two attached hydrogens (primary N) is 1. The number of nitrogens with zero attached hydrogens (tertiary/aromatic N) is 2. The van der Waals surface area contributed by atoms with Gasteiger partial charge in [0.15, 0.2) is 0 Å². The third-order valence-electron chi connectivity index (χ3n) is 1.86. The quantitative estimate of drug-likeness (QED) is 0.813. The summed E-state index contributed by atoms with van der Waals surface area (Å²) in [4.78, 5) is 17.8. The van der Waals surface area contributed by atoms with E-state index in [1.165, 1.54) is 0 Å². The predicted octanol–water partition coefficient (Wildman–Crippen LogP) is 1.24. The number of hydrogen-bond donors (Lipinski definition) is 1. The van der Waals surface area contributed by atoms with Crippen molar-refractivity contribution in [2.45, 2.75) is 19.0 Å². The monoisotopic (exact) mass is 219 g/mol. The molecule has 1 aromatic rings. The molecule has 0 bridgehead atoms. The van der Waals surface area contributed by atoms with E-state index < -0.39 is 29.4 Å². The van der Waals surface area contributed by atoms with E-state index in [0.717, 1.165) is 19.3 Å². The number of rotatable bonds is 2. The van der Waals surface area contributed by atoms with E-state index in [1.54, 1.807) is 0 Å². The fourth-order valence-corrected chi connectivity index (χ4v) is 1.01. The Morgan fingerprint density at radius 2 is 1.93 bits per heavy atom. The van der Waals surface area contributed by atoms with Crippen LogP contribution < -0.4 is 5.73 Å². The van der Waals surface area contributed by atoms with Crippen LogP contribution in [0.5, 0.6) is 0 Å². The third-order valence-corrected chi connectivity index (χ3v) is 1.86. The van der Waals surface area contributed by atoms with Crippen LogP contribution in [-0.4, -0.2) is 22.1 Å². The second kappa shape index (κ2) is 3.84. The molecule has 1 heterocycles. The Kier molecular flexibility index (Phi) is 2.92. The molecule has 0 aromatic carbocycles. The van der Waals surface area contributed by atoms with Gasteiger partial charge in [0.25, 0.3) is 5.91 Å². The maximum atomic E-state index is 12.4. The molecule has 0 unspecified atom stereocenters. The largest absolute Gasteiger partial charge is 0.397 e.